The van der Waals surface area contributed by atoms with Gasteiger partial charge in [0.05, 0.1) is 6.16 Å². The van der Waals surface area contributed by atoms with Gasteiger partial charge in [-0.1, -0.05) is 79.6 Å². The lowest BCUT2D eigenvalue weighted by molar-refractivity contribution is -0.147. The van der Waals surface area contributed by atoms with E-state index in [9.17, 15) is 9.59 Å². The largest absolute Gasteiger partial charge is 0.462 e. The first-order valence-corrected chi connectivity index (χ1v) is 15.7. The SMILES string of the molecule is CC(=O)O[C@@H]1CC(C)=C(CC(=O)/C(C)=C/C[P+](c2ccccc2)(c2ccccc2)c2ccccc2)C(C)(C)C1. The second kappa shape index (κ2) is 12.3. The summed E-state index contributed by atoms with van der Waals surface area (Å²) in [7, 11) is -2.04. The Balaban J connectivity index is 1.68. The minimum atomic E-state index is -2.04. The van der Waals surface area contributed by atoms with Gasteiger partial charge in [-0.05, 0) is 73.7 Å². The van der Waals surface area contributed by atoms with Crippen molar-refractivity contribution in [2.45, 2.75) is 60.0 Å². The highest BCUT2D eigenvalue weighted by Gasteiger charge is 2.44. The van der Waals surface area contributed by atoms with E-state index in [2.05, 4.69) is 118 Å². The van der Waals surface area contributed by atoms with Crippen molar-refractivity contribution in [1.29, 1.82) is 0 Å². The summed E-state index contributed by atoms with van der Waals surface area (Å²) in [5, 5.41) is 3.92. The van der Waals surface area contributed by atoms with E-state index < -0.39 is 7.26 Å². The van der Waals surface area contributed by atoms with E-state index >= 15 is 0 Å². The number of benzene rings is 3. The summed E-state index contributed by atoms with van der Waals surface area (Å²) in [4.78, 5) is 25.2. The fourth-order valence-corrected chi connectivity index (χ4v) is 10.1. The molecule has 0 fully saturated rings. The summed E-state index contributed by atoms with van der Waals surface area (Å²) >= 11 is 0. The van der Waals surface area contributed by atoms with Crippen molar-refractivity contribution in [2.24, 2.45) is 5.41 Å². The molecule has 0 heterocycles. The van der Waals surface area contributed by atoms with Crippen LogP contribution < -0.4 is 15.9 Å². The number of rotatable bonds is 9. The predicted molar refractivity (Wildman–Crippen MR) is 165 cm³/mol. The smallest absolute Gasteiger partial charge is 0.302 e. The lowest BCUT2D eigenvalue weighted by Gasteiger charge is -2.38. The van der Waals surface area contributed by atoms with Crippen LogP contribution in [0.1, 0.15) is 53.9 Å². The van der Waals surface area contributed by atoms with Gasteiger partial charge in [-0.3, -0.25) is 9.59 Å². The van der Waals surface area contributed by atoms with Crippen molar-refractivity contribution < 1.29 is 14.3 Å². The highest BCUT2D eigenvalue weighted by molar-refractivity contribution is 7.95. The normalized spacial score (nSPS) is 17.6. The van der Waals surface area contributed by atoms with E-state index in [1.165, 1.54) is 34.0 Å². The van der Waals surface area contributed by atoms with E-state index in [1.54, 1.807) is 0 Å². The Labute approximate surface area is 234 Å². The molecule has 4 heteroatoms. The molecule has 3 aromatic rings. The molecule has 0 bridgehead atoms. The van der Waals surface area contributed by atoms with Crippen molar-refractivity contribution in [2.75, 3.05) is 6.16 Å². The summed E-state index contributed by atoms with van der Waals surface area (Å²) in [6.45, 7) is 9.82. The quantitative estimate of drug-likeness (QED) is 0.128. The van der Waals surface area contributed by atoms with Crippen LogP contribution in [0.5, 0.6) is 0 Å². The highest BCUT2D eigenvalue weighted by Crippen LogP contribution is 2.55. The van der Waals surface area contributed by atoms with Crippen molar-refractivity contribution in [3.63, 3.8) is 0 Å². The van der Waals surface area contributed by atoms with Gasteiger partial charge in [0, 0.05) is 19.8 Å². The van der Waals surface area contributed by atoms with Crippen molar-refractivity contribution >= 4 is 34.9 Å². The minimum absolute atomic E-state index is 0.124. The van der Waals surface area contributed by atoms with Gasteiger partial charge >= 0.3 is 5.97 Å². The number of hydrogen-bond acceptors (Lipinski definition) is 3. The van der Waals surface area contributed by atoms with E-state index in [0.717, 1.165) is 18.2 Å². The van der Waals surface area contributed by atoms with Gasteiger partial charge in [-0.25, -0.2) is 0 Å². The van der Waals surface area contributed by atoms with E-state index in [1.807, 2.05) is 6.92 Å². The Hall–Kier alpha value is -3.29. The van der Waals surface area contributed by atoms with Crippen molar-refractivity contribution in [3.8, 4) is 0 Å². The molecule has 0 N–H and O–H groups in total. The Morgan fingerprint density at radius 3 is 1.72 bits per heavy atom. The van der Waals surface area contributed by atoms with E-state index in [4.69, 9.17) is 4.74 Å². The molecule has 0 radical (unpaired) electrons. The first-order chi connectivity index (χ1) is 18.6. The molecule has 0 saturated heterocycles. The second-order valence-corrected chi connectivity index (χ2v) is 14.8. The molecule has 1 aliphatic rings. The van der Waals surface area contributed by atoms with Crippen LogP contribution in [0, 0.1) is 5.41 Å². The number of ketones is 1. The topological polar surface area (TPSA) is 43.4 Å². The molecule has 0 amide bonds. The lowest BCUT2D eigenvalue weighted by atomic mass is 9.69. The standard InChI is InChI=1S/C35H40O3P/c1-26(34(37)24-33-27(2)23-29(38-28(3)36)25-35(33,4)5)21-22-39(30-15-9-6-10-16-30,31-17-11-7-12-18-31)32-19-13-8-14-20-32/h6-21,29H,22-25H2,1-5H3/q+1/b26-21+/t29-/m1/s1. The number of esters is 1. The third-order valence-corrected chi connectivity index (χ3v) is 12.2. The Kier molecular flexibility index (Phi) is 9.03. The third kappa shape index (κ3) is 6.48. The van der Waals surface area contributed by atoms with Crippen LogP contribution in [0.3, 0.4) is 0 Å². The third-order valence-electron chi connectivity index (χ3n) is 7.98. The lowest BCUT2D eigenvalue weighted by Crippen LogP contribution is -2.33. The van der Waals surface area contributed by atoms with Crippen molar-refractivity contribution in [3.05, 3.63) is 114 Å². The fraction of sp³-hybridized carbons (Fsp3) is 0.314. The van der Waals surface area contributed by atoms with Crippen molar-refractivity contribution in [1.82, 2.24) is 0 Å². The molecule has 1 atom stereocenters. The molecule has 1 aliphatic carbocycles. The maximum Gasteiger partial charge on any atom is 0.302 e. The first-order valence-electron chi connectivity index (χ1n) is 13.7. The van der Waals surface area contributed by atoms with Crippen LogP contribution in [0.25, 0.3) is 0 Å². The molecule has 0 aliphatic heterocycles. The molecule has 39 heavy (non-hydrogen) atoms. The summed E-state index contributed by atoms with van der Waals surface area (Å²) in [5.41, 5.74) is 2.95. The number of carbonyl (C=O) groups is 2. The molecular weight excluding hydrogens is 499 g/mol. The summed E-state index contributed by atoms with van der Waals surface area (Å²) in [6, 6.07) is 32.3. The van der Waals surface area contributed by atoms with E-state index in [0.29, 0.717) is 12.8 Å². The number of allylic oxidation sites excluding steroid dienone is 3. The summed E-state index contributed by atoms with van der Waals surface area (Å²) < 4.78 is 5.53. The van der Waals surface area contributed by atoms with Crippen LogP contribution in [0.4, 0.5) is 0 Å². The number of ether oxygens (including phenoxy) is 1. The van der Waals surface area contributed by atoms with Gasteiger partial charge in [0.1, 0.15) is 29.3 Å². The predicted octanol–water partition coefficient (Wildman–Crippen LogP) is 6.95. The molecule has 0 unspecified atom stereocenters. The molecule has 3 nitrogen and oxygen atoms in total. The van der Waals surface area contributed by atoms with Crippen LogP contribution in [0.2, 0.25) is 0 Å². The molecular formula is C35H40O3P+. The summed E-state index contributed by atoms with van der Waals surface area (Å²) in [5.74, 6) is -0.0837. The van der Waals surface area contributed by atoms with Gasteiger partial charge in [0.2, 0.25) is 0 Å². The number of carbonyl (C=O) groups excluding carboxylic acids is 2. The zero-order valence-corrected chi connectivity index (χ0v) is 24.7. The van der Waals surface area contributed by atoms with E-state index in [-0.39, 0.29) is 23.3 Å². The maximum absolute atomic E-state index is 13.7. The molecule has 202 valence electrons. The number of hydrogen-bond donors (Lipinski definition) is 0. The second-order valence-electron chi connectivity index (χ2n) is 11.3. The van der Waals surface area contributed by atoms with Gasteiger partial charge in [0.15, 0.2) is 5.78 Å². The van der Waals surface area contributed by atoms with Crippen LogP contribution in [-0.2, 0) is 14.3 Å². The average Bonchev–Trinajstić information content (AvgIpc) is 2.92. The Morgan fingerprint density at radius 2 is 1.31 bits per heavy atom. The van der Waals surface area contributed by atoms with Gasteiger partial charge in [-0.15, -0.1) is 0 Å². The summed E-state index contributed by atoms with van der Waals surface area (Å²) in [6.07, 6.45) is 4.66. The average molecular weight is 540 g/mol. The molecule has 0 saturated carbocycles. The van der Waals surface area contributed by atoms with Gasteiger partial charge in [-0.2, -0.15) is 0 Å². The van der Waals surface area contributed by atoms with Gasteiger partial charge < -0.3 is 4.74 Å². The monoisotopic (exact) mass is 539 g/mol. The fourth-order valence-electron chi connectivity index (χ4n) is 6.01. The maximum atomic E-state index is 13.7. The molecule has 0 spiro atoms. The van der Waals surface area contributed by atoms with Crippen LogP contribution in [0.15, 0.2) is 114 Å². The zero-order chi connectivity index (χ0) is 28.0. The highest BCUT2D eigenvalue weighted by atomic mass is 31.2. The molecule has 0 aromatic heterocycles. The van der Waals surface area contributed by atoms with Gasteiger partial charge in [0.25, 0.3) is 0 Å². The molecule has 3 aromatic carbocycles. The first kappa shape index (κ1) is 28.7. The van der Waals surface area contributed by atoms with Crippen LogP contribution >= 0.6 is 7.26 Å². The Morgan fingerprint density at radius 1 is 0.846 bits per heavy atom. The number of Topliss-reactive ketones (excluding diaryl/α,β-unsaturated/α-hetero) is 1. The zero-order valence-electron chi connectivity index (χ0n) is 23.8. The van der Waals surface area contributed by atoms with Crippen LogP contribution in [-0.4, -0.2) is 24.0 Å². The minimum Gasteiger partial charge on any atom is -0.462 e. The Bertz CT molecular complexity index is 1260. The molecule has 4 rings (SSSR count).